The van der Waals surface area contributed by atoms with Crippen LogP contribution in [0.3, 0.4) is 0 Å². The number of ether oxygens (including phenoxy) is 2. The monoisotopic (exact) mass is 474 g/mol. The number of allylic oxidation sites excluding steroid dienone is 8. The third-order valence-corrected chi connectivity index (χ3v) is 5.78. The van der Waals surface area contributed by atoms with Gasteiger partial charge in [-0.2, -0.15) is 4.39 Å². The van der Waals surface area contributed by atoms with Gasteiger partial charge in [-0.25, -0.2) is 13.2 Å². The lowest BCUT2D eigenvalue weighted by atomic mass is 9.90. The van der Waals surface area contributed by atoms with Crippen molar-refractivity contribution in [2.75, 3.05) is 14.2 Å². The zero-order chi connectivity index (χ0) is 25.4. The van der Waals surface area contributed by atoms with Crippen molar-refractivity contribution in [2.24, 2.45) is 0 Å². The molecule has 1 aliphatic rings. The van der Waals surface area contributed by atoms with E-state index in [1.165, 1.54) is 13.2 Å². The molecule has 1 unspecified atom stereocenters. The maximum Gasteiger partial charge on any atom is 0.200 e. The van der Waals surface area contributed by atoms with Gasteiger partial charge in [-0.05, 0) is 48.8 Å². The van der Waals surface area contributed by atoms with Gasteiger partial charge < -0.3 is 9.47 Å². The minimum absolute atomic E-state index is 0.111. The zero-order valence-corrected chi connectivity index (χ0v) is 19.7. The van der Waals surface area contributed by atoms with Crippen LogP contribution in [0.25, 0.3) is 5.57 Å². The summed E-state index contributed by atoms with van der Waals surface area (Å²) in [7, 11) is 2.81. The molecule has 0 saturated heterocycles. The summed E-state index contributed by atoms with van der Waals surface area (Å²) >= 11 is 0. The summed E-state index contributed by atoms with van der Waals surface area (Å²) in [5, 5.41) is 0. The first-order valence-corrected chi connectivity index (χ1v) is 10.8. The predicted molar refractivity (Wildman–Crippen MR) is 129 cm³/mol. The van der Waals surface area contributed by atoms with Crippen LogP contribution >= 0.6 is 0 Å². The molecule has 0 fully saturated rings. The lowest BCUT2D eigenvalue weighted by molar-refractivity contribution is 0.0964. The number of halogens is 4. The van der Waals surface area contributed by atoms with E-state index in [4.69, 9.17) is 4.74 Å². The second kappa shape index (κ2) is 12.4. The fourth-order valence-electron chi connectivity index (χ4n) is 3.48. The van der Waals surface area contributed by atoms with E-state index in [2.05, 4.69) is 31.1 Å². The first kappa shape index (κ1) is 27.1. The van der Waals surface area contributed by atoms with Gasteiger partial charge in [0.2, 0.25) is 5.83 Å². The summed E-state index contributed by atoms with van der Waals surface area (Å²) in [5.74, 6) is -4.67. The second-order valence-electron chi connectivity index (χ2n) is 8.01. The fourth-order valence-corrected chi connectivity index (χ4v) is 3.48. The summed E-state index contributed by atoms with van der Waals surface area (Å²) in [6.45, 7) is 14.3. The summed E-state index contributed by atoms with van der Waals surface area (Å²) in [6, 6.07) is 3.19. The Labute approximate surface area is 199 Å². The molecular weight excluding hydrogens is 444 g/mol. The van der Waals surface area contributed by atoms with E-state index in [-0.39, 0.29) is 34.8 Å². The fraction of sp³-hybridized carbons (Fsp3) is 0.286. The van der Waals surface area contributed by atoms with Gasteiger partial charge in [-0.15, -0.1) is 0 Å². The summed E-state index contributed by atoms with van der Waals surface area (Å²) in [5.41, 5.74) is 1.73. The topological polar surface area (TPSA) is 18.5 Å². The molecule has 0 spiro atoms. The Kier molecular flexibility index (Phi) is 9.87. The molecule has 34 heavy (non-hydrogen) atoms. The second-order valence-corrected chi connectivity index (χ2v) is 8.01. The highest BCUT2D eigenvalue weighted by Crippen LogP contribution is 2.32. The van der Waals surface area contributed by atoms with Gasteiger partial charge in [-0.3, -0.25) is 0 Å². The third-order valence-electron chi connectivity index (χ3n) is 5.78. The molecule has 0 saturated carbocycles. The number of methoxy groups -OCH3 is 2. The smallest absolute Gasteiger partial charge is 0.200 e. The summed E-state index contributed by atoms with van der Waals surface area (Å²) in [4.78, 5) is 0. The lowest BCUT2D eigenvalue weighted by Gasteiger charge is -2.21. The maximum absolute atomic E-state index is 14.7. The standard InChI is InChI=1S/C28H30F4O2/c1-17(7-9-18(2)19(3)25(29)26(30)20(4)33-5)8-10-22-13-16-24(28(32)27(22)31)21-11-14-23(34-6)15-12-21/h7,9,11,13,16,23H,1-4,8,10,12,14-15H2,5-6H3/b9-7-,26-25-. The van der Waals surface area contributed by atoms with Crippen LogP contribution in [0, 0.1) is 11.6 Å². The molecule has 6 heteroatoms. The van der Waals surface area contributed by atoms with Crippen LogP contribution in [0.2, 0.25) is 0 Å². The van der Waals surface area contributed by atoms with E-state index in [1.54, 1.807) is 25.3 Å². The van der Waals surface area contributed by atoms with Crippen molar-refractivity contribution in [3.8, 4) is 0 Å². The average molecular weight is 475 g/mol. The quantitative estimate of drug-likeness (QED) is 0.184. The van der Waals surface area contributed by atoms with Crippen molar-refractivity contribution in [1.29, 1.82) is 0 Å². The number of rotatable bonds is 11. The van der Waals surface area contributed by atoms with Gasteiger partial charge in [0.15, 0.2) is 17.5 Å². The number of hydrogen-bond donors (Lipinski definition) is 0. The van der Waals surface area contributed by atoms with Gasteiger partial charge in [-0.1, -0.05) is 62.2 Å². The highest BCUT2D eigenvalue weighted by atomic mass is 19.2. The van der Waals surface area contributed by atoms with Crippen molar-refractivity contribution in [3.05, 3.63) is 114 Å². The van der Waals surface area contributed by atoms with Crippen molar-refractivity contribution < 1.29 is 27.0 Å². The molecule has 2 nitrogen and oxygen atoms in total. The molecule has 0 aromatic heterocycles. The predicted octanol–water partition coefficient (Wildman–Crippen LogP) is 8.02. The normalized spacial score (nSPS) is 16.6. The van der Waals surface area contributed by atoms with Crippen LogP contribution in [-0.2, 0) is 15.9 Å². The van der Waals surface area contributed by atoms with Crippen LogP contribution in [-0.4, -0.2) is 20.3 Å². The molecule has 1 aromatic carbocycles. The highest BCUT2D eigenvalue weighted by Gasteiger charge is 2.20. The van der Waals surface area contributed by atoms with E-state index in [0.717, 1.165) is 12.0 Å². The lowest BCUT2D eigenvalue weighted by Crippen LogP contribution is -2.14. The number of aryl methyl sites for hydroxylation is 1. The Hall–Kier alpha value is -3.12. The number of benzene rings is 1. The first-order chi connectivity index (χ1) is 16.1. The van der Waals surface area contributed by atoms with Crippen molar-refractivity contribution in [1.82, 2.24) is 0 Å². The maximum atomic E-state index is 14.7. The molecule has 1 aromatic rings. The largest absolute Gasteiger partial charge is 0.494 e. The van der Waals surface area contributed by atoms with E-state index in [1.807, 2.05) is 6.08 Å². The molecular formula is C28H30F4O2. The Morgan fingerprint density at radius 3 is 2.32 bits per heavy atom. The van der Waals surface area contributed by atoms with Crippen LogP contribution in [0.1, 0.15) is 36.8 Å². The SMILES string of the molecule is C=C(/C=C\C(=C)C(=C)/C(F)=C(/F)C(=C)OC)CCc1ccc(C2=CCC(OC)CC2)c(F)c1F. The summed E-state index contributed by atoms with van der Waals surface area (Å²) in [6.07, 6.45) is 7.61. The van der Waals surface area contributed by atoms with E-state index >= 15 is 0 Å². The molecule has 2 rings (SSSR count). The summed E-state index contributed by atoms with van der Waals surface area (Å²) < 4.78 is 67.2. The van der Waals surface area contributed by atoms with Crippen LogP contribution in [0.4, 0.5) is 17.6 Å². The molecule has 0 amide bonds. The van der Waals surface area contributed by atoms with Crippen molar-refractivity contribution in [2.45, 2.75) is 38.2 Å². The van der Waals surface area contributed by atoms with E-state index in [9.17, 15) is 17.6 Å². The Morgan fingerprint density at radius 2 is 1.74 bits per heavy atom. The van der Waals surface area contributed by atoms with Gasteiger partial charge in [0.25, 0.3) is 0 Å². The van der Waals surface area contributed by atoms with Gasteiger partial charge in [0, 0.05) is 18.2 Å². The Balaban J connectivity index is 2.01. The minimum atomic E-state index is -1.26. The molecule has 182 valence electrons. The average Bonchev–Trinajstić information content (AvgIpc) is 2.86. The third kappa shape index (κ3) is 6.70. The van der Waals surface area contributed by atoms with E-state index in [0.29, 0.717) is 24.8 Å². The van der Waals surface area contributed by atoms with E-state index < -0.39 is 29.0 Å². The van der Waals surface area contributed by atoms with Crippen LogP contribution in [0.5, 0.6) is 0 Å². The van der Waals surface area contributed by atoms with Crippen LogP contribution in [0.15, 0.2) is 90.8 Å². The highest BCUT2D eigenvalue weighted by molar-refractivity contribution is 5.67. The number of hydrogen-bond acceptors (Lipinski definition) is 2. The van der Waals surface area contributed by atoms with Gasteiger partial charge >= 0.3 is 0 Å². The molecule has 0 bridgehead atoms. The molecule has 0 N–H and O–H groups in total. The van der Waals surface area contributed by atoms with Crippen molar-refractivity contribution in [3.63, 3.8) is 0 Å². The zero-order valence-electron chi connectivity index (χ0n) is 19.7. The van der Waals surface area contributed by atoms with Gasteiger partial charge in [0.1, 0.15) is 5.76 Å². The Morgan fingerprint density at radius 1 is 1.03 bits per heavy atom. The molecule has 1 aliphatic carbocycles. The minimum Gasteiger partial charge on any atom is -0.494 e. The van der Waals surface area contributed by atoms with Crippen LogP contribution < -0.4 is 0 Å². The van der Waals surface area contributed by atoms with Gasteiger partial charge in [0.05, 0.1) is 13.2 Å². The molecule has 0 heterocycles. The van der Waals surface area contributed by atoms with Crippen molar-refractivity contribution >= 4 is 5.57 Å². The molecule has 0 radical (unpaired) electrons. The molecule has 1 atom stereocenters. The first-order valence-electron chi connectivity index (χ1n) is 10.8. The Bertz CT molecular complexity index is 1080. The molecule has 0 aliphatic heterocycles.